The number of amides is 1. The van der Waals surface area contributed by atoms with E-state index < -0.39 is 11.9 Å². The van der Waals surface area contributed by atoms with Crippen LogP contribution in [0.5, 0.6) is 5.75 Å². The number of carbonyl (C=O) groups excluding carboxylic acids is 1. The van der Waals surface area contributed by atoms with E-state index in [4.69, 9.17) is 16.3 Å². The number of benzene rings is 1. The van der Waals surface area contributed by atoms with Crippen molar-refractivity contribution in [2.45, 2.75) is 26.7 Å². The van der Waals surface area contributed by atoms with Crippen LogP contribution in [0.3, 0.4) is 0 Å². The summed E-state index contributed by atoms with van der Waals surface area (Å²) in [5, 5.41) is 12.6. The van der Waals surface area contributed by atoms with Crippen molar-refractivity contribution in [3.63, 3.8) is 0 Å². The molecule has 126 valence electrons. The van der Waals surface area contributed by atoms with Gasteiger partial charge in [0.05, 0.1) is 11.8 Å². The number of fused-ring (bicyclic) bond motifs is 1. The molecular weight excluding hydrogens is 318 g/mol. The lowest BCUT2D eigenvalue weighted by atomic mass is 9.94. The summed E-state index contributed by atoms with van der Waals surface area (Å²) >= 11 is 5.97. The molecule has 0 bridgehead atoms. The first-order valence-corrected chi connectivity index (χ1v) is 8.16. The van der Waals surface area contributed by atoms with Crippen LogP contribution in [0.1, 0.15) is 25.8 Å². The van der Waals surface area contributed by atoms with Crippen LogP contribution in [0, 0.1) is 17.8 Å². The number of carboxylic acids is 1. The number of carboxylic acid groups (broad SMARTS) is 1. The molecule has 1 aromatic carbocycles. The average molecular weight is 340 g/mol. The van der Waals surface area contributed by atoms with Crippen molar-refractivity contribution < 1.29 is 19.4 Å². The Balaban J connectivity index is 1.92. The van der Waals surface area contributed by atoms with Crippen molar-refractivity contribution in [2.24, 2.45) is 17.8 Å². The van der Waals surface area contributed by atoms with Gasteiger partial charge in [-0.3, -0.25) is 9.59 Å². The zero-order chi connectivity index (χ0) is 17.0. The minimum atomic E-state index is -0.879. The molecule has 5 nitrogen and oxygen atoms in total. The number of hydrogen-bond donors (Lipinski definition) is 2. The zero-order valence-electron chi connectivity index (χ0n) is 13.3. The van der Waals surface area contributed by atoms with E-state index >= 15 is 0 Å². The second kappa shape index (κ2) is 7.68. The Labute approximate surface area is 141 Å². The highest BCUT2D eigenvalue weighted by molar-refractivity contribution is 6.30. The highest BCUT2D eigenvalue weighted by Gasteiger charge is 2.27. The van der Waals surface area contributed by atoms with E-state index in [1.54, 1.807) is 18.2 Å². The average Bonchev–Trinajstić information content (AvgIpc) is 2.49. The zero-order valence-corrected chi connectivity index (χ0v) is 14.1. The maximum absolute atomic E-state index is 12.3. The van der Waals surface area contributed by atoms with Crippen LogP contribution in [0.2, 0.25) is 5.02 Å². The fraction of sp³-hybridized carbons (Fsp3) is 0.529. The van der Waals surface area contributed by atoms with E-state index in [-0.39, 0.29) is 24.3 Å². The van der Waals surface area contributed by atoms with Crippen LogP contribution in [0.25, 0.3) is 0 Å². The molecule has 23 heavy (non-hydrogen) atoms. The Kier molecular flexibility index (Phi) is 5.88. The largest absolute Gasteiger partial charge is 0.492 e. The van der Waals surface area contributed by atoms with Gasteiger partial charge in [-0.05, 0) is 42.5 Å². The molecule has 1 amide bonds. The van der Waals surface area contributed by atoms with Gasteiger partial charge in [0, 0.05) is 11.6 Å². The summed E-state index contributed by atoms with van der Waals surface area (Å²) in [7, 11) is 0. The first-order chi connectivity index (χ1) is 10.9. The van der Waals surface area contributed by atoms with Gasteiger partial charge in [0.1, 0.15) is 12.4 Å². The van der Waals surface area contributed by atoms with E-state index in [0.717, 1.165) is 11.3 Å². The van der Waals surface area contributed by atoms with E-state index in [1.165, 1.54) is 0 Å². The molecule has 0 saturated carbocycles. The molecule has 1 aliphatic heterocycles. The van der Waals surface area contributed by atoms with Crippen LogP contribution >= 0.6 is 11.6 Å². The molecule has 2 rings (SSSR count). The van der Waals surface area contributed by atoms with Crippen molar-refractivity contribution in [1.29, 1.82) is 0 Å². The number of carbonyl (C=O) groups is 2. The monoisotopic (exact) mass is 339 g/mol. The van der Waals surface area contributed by atoms with Crippen LogP contribution in [0.4, 0.5) is 0 Å². The summed E-state index contributed by atoms with van der Waals surface area (Å²) in [6.45, 7) is 4.37. The van der Waals surface area contributed by atoms with Gasteiger partial charge in [-0.15, -0.1) is 0 Å². The fourth-order valence-electron chi connectivity index (χ4n) is 2.74. The third kappa shape index (κ3) is 4.86. The predicted octanol–water partition coefficient (Wildman–Crippen LogP) is 2.75. The highest BCUT2D eigenvalue weighted by Crippen LogP contribution is 2.29. The molecule has 1 aliphatic rings. The SMILES string of the molecule is CC(C)CC(CNC(=O)C1COc2ccc(Cl)cc2C1)C(=O)O. The lowest BCUT2D eigenvalue weighted by Gasteiger charge is -2.25. The van der Waals surface area contributed by atoms with Gasteiger partial charge in [0.25, 0.3) is 0 Å². The van der Waals surface area contributed by atoms with E-state index in [2.05, 4.69) is 5.32 Å². The second-order valence-corrected chi connectivity index (χ2v) is 6.81. The number of rotatable bonds is 6. The molecule has 2 N–H and O–H groups in total. The first kappa shape index (κ1) is 17.6. The lowest BCUT2D eigenvalue weighted by Crippen LogP contribution is -2.41. The number of ether oxygens (including phenoxy) is 1. The Hall–Kier alpha value is -1.75. The molecule has 0 radical (unpaired) electrons. The molecule has 2 unspecified atom stereocenters. The molecule has 6 heteroatoms. The standard InChI is InChI=1S/C17H22ClNO4/c1-10(2)5-12(17(21)22)8-19-16(20)13-6-11-7-14(18)3-4-15(11)23-9-13/h3-4,7,10,12-13H,5-6,8-9H2,1-2H3,(H,19,20)(H,21,22). The van der Waals surface area contributed by atoms with Crippen molar-refractivity contribution in [2.75, 3.05) is 13.2 Å². The van der Waals surface area contributed by atoms with Gasteiger partial charge in [-0.2, -0.15) is 0 Å². The topological polar surface area (TPSA) is 75.6 Å². The molecule has 0 saturated heterocycles. The summed E-state index contributed by atoms with van der Waals surface area (Å²) in [5.74, 6) is -0.928. The van der Waals surface area contributed by atoms with Gasteiger partial charge in [0.2, 0.25) is 5.91 Å². The molecule has 0 spiro atoms. The van der Waals surface area contributed by atoms with Crippen LogP contribution < -0.4 is 10.1 Å². The minimum absolute atomic E-state index is 0.144. The maximum atomic E-state index is 12.3. The number of halogens is 1. The third-order valence-corrected chi connectivity index (χ3v) is 4.16. The Bertz CT molecular complexity index is 588. The predicted molar refractivity (Wildman–Crippen MR) is 87.7 cm³/mol. The summed E-state index contributed by atoms with van der Waals surface area (Å²) in [6, 6.07) is 5.36. The second-order valence-electron chi connectivity index (χ2n) is 6.37. The van der Waals surface area contributed by atoms with Gasteiger partial charge >= 0.3 is 5.97 Å². The van der Waals surface area contributed by atoms with E-state index in [1.807, 2.05) is 13.8 Å². The molecule has 0 aliphatic carbocycles. The maximum Gasteiger partial charge on any atom is 0.308 e. The quantitative estimate of drug-likeness (QED) is 0.835. The number of hydrogen-bond acceptors (Lipinski definition) is 3. The van der Waals surface area contributed by atoms with Crippen LogP contribution in [-0.4, -0.2) is 30.1 Å². The molecule has 0 aromatic heterocycles. The Morgan fingerprint density at radius 2 is 2.17 bits per heavy atom. The molecule has 0 fully saturated rings. The summed E-state index contributed by atoms with van der Waals surface area (Å²) < 4.78 is 5.60. The summed E-state index contributed by atoms with van der Waals surface area (Å²) in [4.78, 5) is 23.5. The minimum Gasteiger partial charge on any atom is -0.492 e. The van der Waals surface area contributed by atoms with Gasteiger partial charge in [-0.1, -0.05) is 25.4 Å². The van der Waals surface area contributed by atoms with Gasteiger partial charge in [-0.25, -0.2) is 0 Å². The third-order valence-electron chi connectivity index (χ3n) is 3.93. The Morgan fingerprint density at radius 3 is 2.83 bits per heavy atom. The lowest BCUT2D eigenvalue weighted by molar-refractivity contribution is -0.142. The van der Waals surface area contributed by atoms with Crippen molar-refractivity contribution in [3.8, 4) is 5.75 Å². The molecular formula is C17H22ClNO4. The van der Waals surface area contributed by atoms with Gasteiger partial charge < -0.3 is 15.2 Å². The first-order valence-electron chi connectivity index (χ1n) is 7.78. The number of nitrogens with one attached hydrogen (secondary N) is 1. The van der Waals surface area contributed by atoms with Crippen molar-refractivity contribution in [1.82, 2.24) is 5.32 Å². The number of aliphatic carboxylic acids is 1. The van der Waals surface area contributed by atoms with E-state index in [0.29, 0.717) is 24.5 Å². The highest BCUT2D eigenvalue weighted by atomic mass is 35.5. The summed E-state index contributed by atoms with van der Waals surface area (Å²) in [6.07, 6.45) is 1.08. The Morgan fingerprint density at radius 1 is 1.43 bits per heavy atom. The van der Waals surface area contributed by atoms with E-state index in [9.17, 15) is 14.7 Å². The normalized spacial score (nSPS) is 18.0. The van der Waals surface area contributed by atoms with Crippen molar-refractivity contribution >= 4 is 23.5 Å². The smallest absolute Gasteiger partial charge is 0.308 e. The summed E-state index contributed by atoms with van der Waals surface area (Å²) in [5.41, 5.74) is 0.904. The van der Waals surface area contributed by atoms with Crippen LogP contribution in [0.15, 0.2) is 18.2 Å². The molecule has 2 atom stereocenters. The van der Waals surface area contributed by atoms with Gasteiger partial charge in [0.15, 0.2) is 0 Å². The molecule has 1 heterocycles. The fourth-order valence-corrected chi connectivity index (χ4v) is 2.93. The van der Waals surface area contributed by atoms with Crippen molar-refractivity contribution in [3.05, 3.63) is 28.8 Å². The molecule has 1 aromatic rings. The van der Waals surface area contributed by atoms with Crippen LogP contribution in [-0.2, 0) is 16.0 Å².